The molecule has 0 spiro atoms. The van der Waals surface area contributed by atoms with Gasteiger partial charge >= 0.3 is 5.97 Å². The van der Waals surface area contributed by atoms with Gasteiger partial charge in [-0.15, -0.1) is 0 Å². The monoisotopic (exact) mass is 249 g/mol. The summed E-state index contributed by atoms with van der Waals surface area (Å²) in [6.45, 7) is 3.92. The van der Waals surface area contributed by atoms with Crippen LogP contribution >= 0.6 is 0 Å². The van der Waals surface area contributed by atoms with E-state index < -0.39 is 11.9 Å². The van der Waals surface area contributed by atoms with Gasteiger partial charge < -0.3 is 15.2 Å². The van der Waals surface area contributed by atoms with Crippen LogP contribution in [0.3, 0.4) is 0 Å². The zero-order valence-electron chi connectivity index (χ0n) is 10.6. The highest BCUT2D eigenvalue weighted by Crippen LogP contribution is 2.21. The Labute approximate surface area is 107 Å². The third kappa shape index (κ3) is 3.23. The third-order valence-corrected chi connectivity index (χ3v) is 3.44. The van der Waals surface area contributed by atoms with E-state index >= 15 is 0 Å². The fourth-order valence-corrected chi connectivity index (χ4v) is 2.25. The highest BCUT2D eigenvalue weighted by molar-refractivity contribution is 5.70. The lowest BCUT2D eigenvalue weighted by Gasteiger charge is -2.19. The van der Waals surface area contributed by atoms with Gasteiger partial charge in [-0.2, -0.15) is 0 Å². The van der Waals surface area contributed by atoms with E-state index in [4.69, 9.17) is 4.74 Å². The molecule has 1 heterocycles. The smallest absolute Gasteiger partial charge is 0.310 e. The zero-order valence-corrected chi connectivity index (χ0v) is 10.6. The maximum Gasteiger partial charge on any atom is 0.310 e. The summed E-state index contributed by atoms with van der Waals surface area (Å²) in [5, 5.41) is 12.4. The molecular weight excluding hydrogens is 230 g/mol. The first-order valence-corrected chi connectivity index (χ1v) is 6.30. The first kappa shape index (κ1) is 12.9. The van der Waals surface area contributed by atoms with Crippen molar-refractivity contribution in [2.45, 2.75) is 13.3 Å². The van der Waals surface area contributed by atoms with Gasteiger partial charge in [0.05, 0.1) is 5.92 Å². The Morgan fingerprint density at radius 3 is 2.78 bits per heavy atom. The van der Waals surface area contributed by atoms with Crippen LogP contribution in [-0.4, -0.2) is 30.8 Å². The molecule has 0 amide bonds. The van der Waals surface area contributed by atoms with E-state index in [1.54, 1.807) is 0 Å². The zero-order chi connectivity index (χ0) is 13.0. The number of aryl methyl sites for hydroxylation is 1. The van der Waals surface area contributed by atoms with Crippen molar-refractivity contribution in [2.24, 2.45) is 11.8 Å². The predicted molar refractivity (Wildman–Crippen MR) is 68.8 cm³/mol. The number of carboxylic acids is 1. The predicted octanol–water partition coefficient (Wildman–Crippen LogP) is 1.68. The van der Waals surface area contributed by atoms with Gasteiger partial charge in [-0.05, 0) is 44.5 Å². The Kier molecular flexibility index (Phi) is 4.20. The molecule has 2 unspecified atom stereocenters. The standard InChI is InChI=1S/C14H19NO3/c1-10-2-4-12(5-3-10)18-9-13(14(16)17)11-6-7-15-8-11/h2-5,11,13,15H,6-9H2,1H3,(H,16,17). The van der Waals surface area contributed by atoms with Crippen LogP contribution in [0.5, 0.6) is 5.75 Å². The molecule has 1 aliphatic heterocycles. The average Bonchev–Trinajstić information content (AvgIpc) is 2.85. The molecule has 0 saturated carbocycles. The van der Waals surface area contributed by atoms with Crippen LogP contribution in [0, 0.1) is 18.8 Å². The summed E-state index contributed by atoms with van der Waals surface area (Å²) in [6, 6.07) is 7.67. The minimum atomic E-state index is -0.768. The second kappa shape index (κ2) is 5.87. The highest BCUT2D eigenvalue weighted by Gasteiger charge is 2.31. The summed E-state index contributed by atoms with van der Waals surface area (Å²) < 4.78 is 5.59. The number of hydrogen-bond acceptors (Lipinski definition) is 3. The average molecular weight is 249 g/mol. The molecule has 4 heteroatoms. The number of benzene rings is 1. The van der Waals surface area contributed by atoms with Gasteiger partial charge in [0.1, 0.15) is 12.4 Å². The van der Waals surface area contributed by atoms with Gasteiger partial charge in [0, 0.05) is 0 Å². The summed E-state index contributed by atoms with van der Waals surface area (Å²) in [7, 11) is 0. The van der Waals surface area contributed by atoms with Crippen molar-refractivity contribution < 1.29 is 14.6 Å². The molecule has 0 aliphatic carbocycles. The maximum atomic E-state index is 11.3. The lowest BCUT2D eigenvalue weighted by Crippen LogP contribution is -2.30. The molecule has 1 aromatic carbocycles. The maximum absolute atomic E-state index is 11.3. The molecular formula is C14H19NO3. The fourth-order valence-electron chi connectivity index (χ4n) is 2.25. The molecule has 0 bridgehead atoms. The third-order valence-electron chi connectivity index (χ3n) is 3.44. The Morgan fingerprint density at radius 2 is 2.22 bits per heavy atom. The largest absolute Gasteiger partial charge is 0.493 e. The number of nitrogens with one attached hydrogen (secondary N) is 1. The Morgan fingerprint density at radius 1 is 1.50 bits per heavy atom. The molecule has 2 atom stereocenters. The van der Waals surface area contributed by atoms with Gasteiger partial charge in [-0.3, -0.25) is 4.79 Å². The Bertz CT molecular complexity index is 396. The molecule has 0 aromatic heterocycles. The van der Waals surface area contributed by atoms with E-state index in [1.165, 1.54) is 0 Å². The topological polar surface area (TPSA) is 58.6 Å². The first-order valence-electron chi connectivity index (χ1n) is 6.30. The van der Waals surface area contributed by atoms with E-state index in [0.29, 0.717) is 0 Å². The summed E-state index contributed by atoms with van der Waals surface area (Å²) in [5.41, 5.74) is 1.16. The Balaban J connectivity index is 1.93. The summed E-state index contributed by atoms with van der Waals surface area (Å²) in [6.07, 6.45) is 0.911. The van der Waals surface area contributed by atoms with Crippen LogP contribution < -0.4 is 10.1 Å². The van der Waals surface area contributed by atoms with Gasteiger partial charge in [0.15, 0.2) is 0 Å². The van der Waals surface area contributed by atoms with Crippen LogP contribution in [0.1, 0.15) is 12.0 Å². The van der Waals surface area contributed by atoms with Crippen molar-refractivity contribution in [3.05, 3.63) is 29.8 Å². The van der Waals surface area contributed by atoms with Gasteiger partial charge in [0.2, 0.25) is 0 Å². The number of ether oxygens (including phenoxy) is 1. The fraction of sp³-hybridized carbons (Fsp3) is 0.500. The molecule has 98 valence electrons. The van der Waals surface area contributed by atoms with Crippen molar-refractivity contribution in [3.8, 4) is 5.75 Å². The molecule has 18 heavy (non-hydrogen) atoms. The van der Waals surface area contributed by atoms with Crippen molar-refractivity contribution >= 4 is 5.97 Å². The normalized spacial score (nSPS) is 20.6. The van der Waals surface area contributed by atoms with Gasteiger partial charge in [-0.25, -0.2) is 0 Å². The summed E-state index contributed by atoms with van der Waals surface area (Å²) in [4.78, 5) is 11.3. The van der Waals surface area contributed by atoms with Crippen molar-refractivity contribution in [1.82, 2.24) is 5.32 Å². The van der Waals surface area contributed by atoms with E-state index in [2.05, 4.69) is 5.32 Å². The number of aliphatic carboxylic acids is 1. The molecule has 1 aromatic rings. The molecule has 4 nitrogen and oxygen atoms in total. The molecule has 2 N–H and O–H groups in total. The first-order chi connectivity index (χ1) is 8.66. The summed E-state index contributed by atoms with van der Waals surface area (Å²) >= 11 is 0. The lowest BCUT2D eigenvalue weighted by atomic mass is 9.92. The molecule has 1 fully saturated rings. The number of rotatable bonds is 5. The van der Waals surface area contributed by atoms with E-state index in [1.807, 2.05) is 31.2 Å². The van der Waals surface area contributed by atoms with Crippen LogP contribution in [-0.2, 0) is 4.79 Å². The van der Waals surface area contributed by atoms with E-state index in [0.717, 1.165) is 30.8 Å². The second-order valence-electron chi connectivity index (χ2n) is 4.82. The lowest BCUT2D eigenvalue weighted by molar-refractivity contribution is -0.144. The molecule has 1 saturated heterocycles. The number of carboxylic acid groups (broad SMARTS) is 1. The number of carbonyl (C=O) groups is 1. The molecule has 1 aliphatic rings. The van der Waals surface area contributed by atoms with E-state index in [9.17, 15) is 9.90 Å². The summed E-state index contributed by atoms with van der Waals surface area (Å²) in [5.74, 6) is -0.289. The second-order valence-corrected chi connectivity index (χ2v) is 4.82. The Hall–Kier alpha value is -1.55. The van der Waals surface area contributed by atoms with Crippen molar-refractivity contribution in [3.63, 3.8) is 0 Å². The number of hydrogen-bond donors (Lipinski definition) is 2. The van der Waals surface area contributed by atoms with Crippen molar-refractivity contribution in [1.29, 1.82) is 0 Å². The highest BCUT2D eigenvalue weighted by atomic mass is 16.5. The van der Waals surface area contributed by atoms with Crippen LogP contribution in [0.15, 0.2) is 24.3 Å². The minimum absolute atomic E-state index is 0.174. The minimum Gasteiger partial charge on any atom is -0.493 e. The van der Waals surface area contributed by atoms with Crippen LogP contribution in [0.4, 0.5) is 0 Å². The van der Waals surface area contributed by atoms with Crippen LogP contribution in [0.2, 0.25) is 0 Å². The van der Waals surface area contributed by atoms with E-state index in [-0.39, 0.29) is 12.5 Å². The van der Waals surface area contributed by atoms with Gasteiger partial charge in [0.25, 0.3) is 0 Å². The van der Waals surface area contributed by atoms with Gasteiger partial charge in [-0.1, -0.05) is 17.7 Å². The quantitative estimate of drug-likeness (QED) is 0.833. The van der Waals surface area contributed by atoms with Crippen LogP contribution in [0.25, 0.3) is 0 Å². The molecule has 0 radical (unpaired) electrons. The SMILES string of the molecule is Cc1ccc(OCC(C(=O)O)C2CCNC2)cc1. The van der Waals surface area contributed by atoms with Crippen molar-refractivity contribution in [2.75, 3.05) is 19.7 Å². The molecule has 2 rings (SSSR count).